The van der Waals surface area contributed by atoms with E-state index in [1.54, 1.807) is 0 Å². The lowest BCUT2D eigenvalue weighted by Crippen LogP contribution is -2.42. The molecule has 0 spiro atoms. The second-order valence-corrected chi connectivity index (χ2v) is 5.81. The van der Waals surface area contributed by atoms with Gasteiger partial charge < -0.3 is 14.4 Å². The van der Waals surface area contributed by atoms with Crippen molar-refractivity contribution in [3.8, 4) is 0 Å². The highest BCUT2D eigenvalue weighted by molar-refractivity contribution is 4.97. The van der Waals surface area contributed by atoms with Crippen LogP contribution in [0.2, 0.25) is 0 Å². The van der Waals surface area contributed by atoms with Gasteiger partial charge in [-0.15, -0.1) is 0 Å². The van der Waals surface area contributed by atoms with Crippen LogP contribution in [0.5, 0.6) is 0 Å². The summed E-state index contributed by atoms with van der Waals surface area (Å²) in [7, 11) is 0. The first-order valence-electron chi connectivity index (χ1n) is 7.62. The molecule has 3 rings (SSSR count). The first-order chi connectivity index (χ1) is 9.76. The number of fused-ring (bicyclic) bond motifs is 1. The van der Waals surface area contributed by atoms with Gasteiger partial charge in [0.2, 0.25) is 11.7 Å². The predicted octanol–water partition coefficient (Wildman–Crippen LogP) is 1.31. The van der Waals surface area contributed by atoms with Crippen LogP contribution in [0.15, 0.2) is 4.52 Å². The van der Waals surface area contributed by atoms with Gasteiger partial charge in [0.1, 0.15) is 6.10 Å². The van der Waals surface area contributed by atoms with Crippen LogP contribution < -0.4 is 0 Å². The van der Waals surface area contributed by atoms with Crippen LogP contribution in [0.25, 0.3) is 0 Å². The van der Waals surface area contributed by atoms with Crippen molar-refractivity contribution < 1.29 is 14.4 Å². The van der Waals surface area contributed by atoms with E-state index in [4.69, 9.17) is 9.26 Å². The molecule has 1 aromatic heterocycles. The maximum Gasteiger partial charge on any atom is 0.229 e. The van der Waals surface area contributed by atoms with Crippen molar-refractivity contribution in [2.45, 2.75) is 57.3 Å². The van der Waals surface area contributed by atoms with E-state index in [-0.39, 0.29) is 6.10 Å². The number of morpholine rings is 1. The molecule has 0 amide bonds. The molecule has 6 nitrogen and oxygen atoms in total. The van der Waals surface area contributed by atoms with Crippen LogP contribution in [0, 0.1) is 0 Å². The summed E-state index contributed by atoms with van der Waals surface area (Å²) < 4.78 is 11.1. The number of rotatable bonds is 5. The Bertz CT molecular complexity index is 437. The molecule has 0 aliphatic carbocycles. The van der Waals surface area contributed by atoms with Crippen molar-refractivity contribution in [2.24, 2.45) is 0 Å². The molecule has 0 radical (unpaired) electrons. The maximum atomic E-state index is 9.78. The van der Waals surface area contributed by atoms with E-state index < -0.39 is 6.10 Å². The highest BCUT2D eigenvalue weighted by Crippen LogP contribution is 2.28. The number of aromatic nitrogens is 2. The monoisotopic (exact) mass is 281 g/mol. The lowest BCUT2D eigenvalue weighted by Gasteiger charge is -2.33. The Morgan fingerprint density at radius 2 is 2.40 bits per heavy atom. The summed E-state index contributed by atoms with van der Waals surface area (Å²) in [5, 5.41) is 13.8. The highest BCUT2D eigenvalue weighted by atomic mass is 16.5. The van der Waals surface area contributed by atoms with Crippen LogP contribution >= 0.6 is 0 Å². The van der Waals surface area contributed by atoms with Crippen molar-refractivity contribution >= 4 is 0 Å². The standard InChI is InChI=1S/C14H23N3O3/c1-2-4-11(18)7-13-15-14(16-20-13)12-8-17-6-3-5-10(17)9-19-12/h10-12,18H,2-9H2,1H3. The summed E-state index contributed by atoms with van der Waals surface area (Å²) in [4.78, 5) is 6.84. The zero-order chi connectivity index (χ0) is 13.9. The molecule has 6 heteroatoms. The van der Waals surface area contributed by atoms with Crippen molar-refractivity contribution in [2.75, 3.05) is 19.7 Å². The fourth-order valence-corrected chi connectivity index (χ4v) is 3.09. The zero-order valence-electron chi connectivity index (χ0n) is 12.0. The Kier molecular flexibility index (Phi) is 4.33. The minimum atomic E-state index is -0.400. The summed E-state index contributed by atoms with van der Waals surface area (Å²) >= 11 is 0. The van der Waals surface area contributed by atoms with Gasteiger partial charge in [0, 0.05) is 12.6 Å². The van der Waals surface area contributed by atoms with Gasteiger partial charge in [-0.1, -0.05) is 18.5 Å². The molecule has 3 unspecified atom stereocenters. The summed E-state index contributed by atoms with van der Waals surface area (Å²) in [5.74, 6) is 1.13. The third-order valence-electron chi connectivity index (χ3n) is 4.19. The zero-order valence-corrected chi connectivity index (χ0v) is 12.0. The molecule has 0 bridgehead atoms. The minimum absolute atomic E-state index is 0.0924. The van der Waals surface area contributed by atoms with Gasteiger partial charge in [-0.2, -0.15) is 4.98 Å². The molecule has 1 N–H and O–H groups in total. The molecule has 1 aromatic rings. The van der Waals surface area contributed by atoms with E-state index in [0.717, 1.165) is 32.5 Å². The molecule has 2 aliphatic heterocycles. The molecule has 3 atom stereocenters. The van der Waals surface area contributed by atoms with Gasteiger partial charge in [0.25, 0.3) is 0 Å². The van der Waals surface area contributed by atoms with Crippen LogP contribution in [-0.4, -0.2) is 52.0 Å². The SMILES string of the molecule is CCCC(O)Cc1nc(C2CN3CCCC3CO2)no1. The lowest BCUT2D eigenvalue weighted by atomic mass is 10.1. The largest absolute Gasteiger partial charge is 0.393 e. The van der Waals surface area contributed by atoms with E-state index in [0.29, 0.717) is 24.2 Å². The summed E-state index contributed by atoms with van der Waals surface area (Å²) in [6.07, 6.45) is 4.13. The Morgan fingerprint density at radius 3 is 3.25 bits per heavy atom. The van der Waals surface area contributed by atoms with Gasteiger partial charge in [-0.25, -0.2) is 0 Å². The normalized spacial score (nSPS) is 28.5. The highest BCUT2D eigenvalue weighted by Gasteiger charge is 2.34. The molecule has 0 saturated carbocycles. The van der Waals surface area contributed by atoms with Gasteiger partial charge in [0.15, 0.2) is 0 Å². The predicted molar refractivity (Wildman–Crippen MR) is 72.2 cm³/mol. The van der Waals surface area contributed by atoms with Gasteiger partial charge in [-0.05, 0) is 25.8 Å². The second-order valence-electron chi connectivity index (χ2n) is 5.81. The van der Waals surface area contributed by atoms with Crippen LogP contribution in [0.3, 0.4) is 0 Å². The Morgan fingerprint density at radius 1 is 1.50 bits per heavy atom. The molecular formula is C14H23N3O3. The van der Waals surface area contributed by atoms with E-state index in [2.05, 4.69) is 15.0 Å². The smallest absolute Gasteiger partial charge is 0.229 e. The first-order valence-corrected chi connectivity index (χ1v) is 7.62. The van der Waals surface area contributed by atoms with Crippen LogP contribution in [0.1, 0.15) is 50.4 Å². The first kappa shape index (κ1) is 14.0. The van der Waals surface area contributed by atoms with Crippen LogP contribution in [0.4, 0.5) is 0 Å². The van der Waals surface area contributed by atoms with Crippen LogP contribution in [-0.2, 0) is 11.2 Å². The molecule has 2 fully saturated rings. The fraction of sp³-hybridized carbons (Fsp3) is 0.857. The van der Waals surface area contributed by atoms with Crippen molar-refractivity contribution in [3.05, 3.63) is 11.7 Å². The quantitative estimate of drug-likeness (QED) is 0.877. The number of aliphatic hydroxyl groups excluding tert-OH is 1. The minimum Gasteiger partial charge on any atom is -0.393 e. The second kappa shape index (κ2) is 6.20. The van der Waals surface area contributed by atoms with Crippen molar-refractivity contribution in [1.82, 2.24) is 15.0 Å². The molecule has 112 valence electrons. The van der Waals surface area contributed by atoms with Crippen molar-refractivity contribution in [3.63, 3.8) is 0 Å². The molecule has 0 aromatic carbocycles. The summed E-state index contributed by atoms with van der Waals surface area (Å²) in [6, 6.07) is 0.573. The lowest BCUT2D eigenvalue weighted by molar-refractivity contribution is -0.0548. The van der Waals surface area contributed by atoms with Gasteiger partial charge >= 0.3 is 0 Å². The Hall–Kier alpha value is -0.980. The number of hydrogen-bond acceptors (Lipinski definition) is 6. The third-order valence-corrected chi connectivity index (χ3v) is 4.19. The topological polar surface area (TPSA) is 71.6 Å². The number of hydrogen-bond donors (Lipinski definition) is 1. The summed E-state index contributed by atoms with van der Waals surface area (Å²) in [6.45, 7) is 4.80. The van der Waals surface area contributed by atoms with E-state index >= 15 is 0 Å². The number of nitrogens with zero attached hydrogens (tertiary/aromatic N) is 3. The van der Waals surface area contributed by atoms with Crippen molar-refractivity contribution in [1.29, 1.82) is 0 Å². The fourth-order valence-electron chi connectivity index (χ4n) is 3.09. The average molecular weight is 281 g/mol. The Balaban J connectivity index is 1.59. The van der Waals surface area contributed by atoms with Gasteiger partial charge in [-0.3, -0.25) is 4.90 Å². The number of aliphatic hydroxyl groups is 1. The summed E-state index contributed by atoms with van der Waals surface area (Å²) in [5.41, 5.74) is 0. The Labute approximate surface area is 119 Å². The average Bonchev–Trinajstić information content (AvgIpc) is 3.06. The molecule has 3 heterocycles. The van der Waals surface area contributed by atoms with Gasteiger partial charge in [0.05, 0.1) is 19.1 Å². The third kappa shape index (κ3) is 3.02. The van der Waals surface area contributed by atoms with E-state index in [9.17, 15) is 5.11 Å². The molecular weight excluding hydrogens is 258 g/mol. The van der Waals surface area contributed by atoms with E-state index in [1.807, 2.05) is 6.92 Å². The molecule has 2 aliphatic rings. The van der Waals surface area contributed by atoms with E-state index in [1.165, 1.54) is 12.8 Å². The molecule has 20 heavy (non-hydrogen) atoms. The number of ether oxygens (including phenoxy) is 1. The maximum absolute atomic E-state index is 9.78. The molecule has 2 saturated heterocycles.